The molecule has 1 saturated heterocycles. The molecule has 1 aliphatic heterocycles. The van der Waals surface area contributed by atoms with Gasteiger partial charge in [0.1, 0.15) is 17.2 Å². The van der Waals surface area contributed by atoms with Crippen molar-refractivity contribution in [2.45, 2.75) is 44.1 Å². The molecule has 0 aromatic heterocycles. The van der Waals surface area contributed by atoms with Crippen LogP contribution in [0.15, 0.2) is 48.5 Å². The van der Waals surface area contributed by atoms with Crippen molar-refractivity contribution in [2.24, 2.45) is 11.7 Å². The van der Waals surface area contributed by atoms with Gasteiger partial charge in [0.15, 0.2) is 0 Å². The molecule has 2 fully saturated rings. The third-order valence-electron chi connectivity index (χ3n) is 5.95. The topological polar surface area (TPSA) is 137 Å². The normalized spacial score (nSPS) is 18.2. The first-order valence-electron chi connectivity index (χ1n) is 10.9. The second kappa shape index (κ2) is 9.32. The van der Waals surface area contributed by atoms with E-state index < -0.39 is 29.4 Å². The number of amides is 5. The van der Waals surface area contributed by atoms with Crippen LogP contribution in [0.25, 0.3) is 0 Å². The van der Waals surface area contributed by atoms with Crippen LogP contribution >= 0.6 is 0 Å². The van der Waals surface area contributed by atoms with Crippen molar-refractivity contribution in [2.75, 3.05) is 0 Å². The molecule has 0 unspecified atom stereocenters. The molecule has 0 bridgehead atoms. The van der Waals surface area contributed by atoms with Crippen LogP contribution in [0.3, 0.4) is 0 Å². The number of nitrogens with two attached hydrogens (primary N) is 1. The van der Waals surface area contributed by atoms with E-state index in [9.17, 15) is 19.2 Å². The Labute approximate surface area is 190 Å². The van der Waals surface area contributed by atoms with Gasteiger partial charge < -0.3 is 15.2 Å². The fourth-order valence-electron chi connectivity index (χ4n) is 4.36. The highest BCUT2D eigenvalue weighted by Crippen LogP contribution is 2.38. The molecule has 1 heterocycles. The van der Waals surface area contributed by atoms with Crippen LogP contribution in [0.5, 0.6) is 17.2 Å². The van der Waals surface area contributed by atoms with E-state index in [2.05, 4.69) is 10.6 Å². The number of hydrogen-bond acceptors (Lipinski definition) is 6. The third-order valence-corrected chi connectivity index (χ3v) is 5.95. The minimum absolute atomic E-state index is 0.155. The largest absolute Gasteiger partial charge is 0.467 e. The molecule has 2 aliphatic rings. The molecule has 4 N–H and O–H groups in total. The number of hydrogen-bond donors (Lipinski definition) is 3. The summed E-state index contributed by atoms with van der Waals surface area (Å²) < 4.78 is 11.8. The molecule has 1 aliphatic carbocycles. The third kappa shape index (κ3) is 4.82. The summed E-state index contributed by atoms with van der Waals surface area (Å²) in [6.45, 7) is 0. The summed E-state index contributed by atoms with van der Waals surface area (Å²) in [5.41, 5.74) is 4.19. The van der Waals surface area contributed by atoms with Gasteiger partial charge in [0.05, 0.1) is 6.42 Å². The Bertz CT molecular complexity index is 1040. The average molecular weight is 451 g/mol. The van der Waals surface area contributed by atoms with Crippen molar-refractivity contribution in [1.82, 2.24) is 10.6 Å². The zero-order valence-electron chi connectivity index (χ0n) is 18.0. The molecular weight excluding hydrogens is 426 g/mol. The number of barbiturate groups is 1. The zero-order valence-corrected chi connectivity index (χ0v) is 18.0. The second-order valence-electron chi connectivity index (χ2n) is 8.27. The van der Waals surface area contributed by atoms with Crippen molar-refractivity contribution in [3.8, 4) is 17.2 Å². The Hall–Kier alpha value is -3.88. The Balaban J connectivity index is 1.51. The van der Waals surface area contributed by atoms with Gasteiger partial charge in [-0.1, -0.05) is 31.4 Å². The van der Waals surface area contributed by atoms with Crippen LogP contribution in [-0.4, -0.2) is 29.4 Å². The van der Waals surface area contributed by atoms with E-state index in [4.69, 9.17) is 15.2 Å². The summed E-state index contributed by atoms with van der Waals surface area (Å²) in [5, 5.41) is 4.38. The van der Waals surface area contributed by atoms with Crippen LogP contribution in [0.4, 0.5) is 4.79 Å². The molecular formula is C24H25N3O6. The molecule has 0 atom stereocenters. The molecule has 4 rings (SSSR count). The van der Waals surface area contributed by atoms with Crippen LogP contribution in [0, 0.1) is 5.92 Å². The smallest absolute Gasteiger partial charge is 0.328 e. The number of imide groups is 2. The number of primary amides is 1. The van der Waals surface area contributed by atoms with Crippen molar-refractivity contribution in [3.05, 3.63) is 54.1 Å². The van der Waals surface area contributed by atoms with Crippen molar-refractivity contribution >= 4 is 23.8 Å². The minimum atomic E-state index is -1.80. The van der Waals surface area contributed by atoms with E-state index in [1.54, 1.807) is 48.5 Å². The maximum absolute atomic E-state index is 12.9. The maximum Gasteiger partial charge on any atom is 0.328 e. The first-order valence-corrected chi connectivity index (χ1v) is 10.9. The fraction of sp³-hybridized carbons (Fsp3) is 0.333. The predicted molar refractivity (Wildman–Crippen MR) is 117 cm³/mol. The number of nitrogens with one attached hydrogen (secondary N) is 2. The van der Waals surface area contributed by atoms with Gasteiger partial charge in [-0.25, -0.2) is 4.79 Å². The highest BCUT2D eigenvalue weighted by Gasteiger charge is 2.58. The first kappa shape index (κ1) is 22.3. The van der Waals surface area contributed by atoms with Gasteiger partial charge in [-0.2, -0.15) is 0 Å². The van der Waals surface area contributed by atoms with Gasteiger partial charge in [0.2, 0.25) is 5.91 Å². The highest BCUT2D eigenvalue weighted by molar-refractivity contribution is 6.22. The minimum Gasteiger partial charge on any atom is -0.467 e. The van der Waals surface area contributed by atoms with E-state index in [0.29, 0.717) is 30.1 Å². The van der Waals surface area contributed by atoms with Crippen LogP contribution in [-0.2, 0) is 20.8 Å². The molecule has 172 valence electrons. The van der Waals surface area contributed by atoms with Gasteiger partial charge >= 0.3 is 6.03 Å². The Kier molecular flexibility index (Phi) is 6.30. The first-order chi connectivity index (χ1) is 15.9. The van der Waals surface area contributed by atoms with Crippen LogP contribution < -0.4 is 25.8 Å². The van der Waals surface area contributed by atoms with Crippen LogP contribution in [0.2, 0.25) is 0 Å². The van der Waals surface area contributed by atoms with E-state index >= 15 is 0 Å². The highest BCUT2D eigenvalue weighted by atomic mass is 16.5. The summed E-state index contributed by atoms with van der Waals surface area (Å²) in [4.78, 5) is 48.4. The van der Waals surface area contributed by atoms with Gasteiger partial charge in [-0.15, -0.1) is 0 Å². The number of benzene rings is 2. The molecule has 2 aromatic rings. The van der Waals surface area contributed by atoms with Gasteiger partial charge in [0, 0.05) is 5.92 Å². The van der Waals surface area contributed by atoms with Gasteiger partial charge in [-0.05, 0) is 54.8 Å². The summed E-state index contributed by atoms with van der Waals surface area (Å²) in [6, 6.07) is 12.7. The molecule has 0 radical (unpaired) electrons. The lowest BCUT2D eigenvalue weighted by Crippen LogP contribution is -2.72. The van der Waals surface area contributed by atoms with Gasteiger partial charge in [0.25, 0.3) is 17.4 Å². The Morgan fingerprint density at radius 2 is 1.36 bits per heavy atom. The van der Waals surface area contributed by atoms with Crippen molar-refractivity contribution < 1.29 is 28.7 Å². The SMILES string of the molecule is NC(=O)Cc1ccc(Oc2ccc(OC3(C4CCCCC4)C(=O)NC(=O)NC3=O)cc2)cc1. The number of carbonyl (C=O) groups excluding carboxylic acids is 4. The molecule has 0 spiro atoms. The second-order valence-corrected chi connectivity index (χ2v) is 8.27. The molecule has 9 nitrogen and oxygen atoms in total. The predicted octanol–water partition coefficient (Wildman–Crippen LogP) is 2.57. The number of carbonyl (C=O) groups is 4. The summed E-state index contributed by atoms with van der Waals surface area (Å²) in [7, 11) is 0. The quantitative estimate of drug-likeness (QED) is 0.554. The molecule has 5 amide bonds. The lowest BCUT2D eigenvalue weighted by Gasteiger charge is -2.41. The van der Waals surface area contributed by atoms with E-state index in [1.807, 2.05) is 0 Å². The molecule has 33 heavy (non-hydrogen) atoms. The zero-order chi connectivity index (χ0) is 23.4. The summed E-state index contributed by atoms with van der Waals surface area (Å²) in [6.07, 6.45) is 4.26. The summed E-state index contributed by atoms with van der Waals surface area (Å²) in [5.74, 6) is -0.822. The number of ether oxygens (including phenoxy) is 2. The lowest BCUT2D eigenvalue weighted by atomic mass is 9.75. The van der Waals surface area contributed by atoms with E-state index in [1.165, 1.54) is 0 Å². The molecule has 1 saturated carbocycles. The lowest BCUT2D eigenvalue weighted by molar-refractivity contribution is -0.158. The fourth-order valence-corrected chi connectivity index (χ4v) is 4.36. The standard InChI is InChI=1S/C24H25N3O6/c25-20(28)14-15-6-8-17(9-7-15)32-18-10-12-19(13-11-18)33-24(16-4-2-1-3-5-16)21(29)26-23(31)27-22(24)30/h6-13,16H,1-5,14H2,(H2,25,28)(H2,26,27,29,30,31). The molecule has 2 aromatic carbocycles. The monoisotopic (exact) mass is 451 g/mol. The van der Waals surface area contributed by atoms with E-state index in [-0.39, 0.29) is 12.3 Å². The average Bonchev–Trinajstić information content (AvgIpc) is 2.79. The van der Waals surface area contributed by atoms with E-state index in [0.717, 1.165) is 24.8 Å². The Morgan fingerprint density at radius 3 is 1.91 bits per heavy atom. The maximum atomic E-state index is 12.9. The molecule has 9 heteroatoms. The van der Waals surface area contributed by atoms with Gasteiger partial charge in [-0.3, -0.25) is 25.0 Å². The summed E-state index contributed by atoms with van der Waals surface area (Å²) >= 11 is 0. The van der Waals surface area contributed by atoms with Crippen molar-refractivity contribution in [1.29, 1.82) is 0 Å². The van der Waals surface area contributed by atoms with Crippen LogP contribution in [0.1, 0.15) is 37.7 Å². The Morgan fingerprint density at radius 1 is 0.848 bits per heavy atom. The number of rotatable bonds is 7. The van der Waals surface area contributed by atoms with Crippen molar-refractivity contribution in [3.63, 3.8) is 0 Å². The number of urea groups is 1.